The van der Waals surface area contributed by atoms with E-state index in [1.807, 2.05) is 0 Å². The van der Waals surface area contributed by atoms with E-state index < -0.39 is 27.9 Å². The molecule has 1 atom stereocenters. The van der Waals surface area contributed by atoms with Crippen LogP contribution >= 0.6 is 0 Å². The summed E-state index contributed by atoms with van der Waals surface area (Å²) in [6.07, 6.45) is 2.37. The molecule has 0 aliphatic carbocycles. The summed E-state index contributed by atoms with van der Waals surface area (Å²) < 4.78 is 36.5. The number of carbonyl (C=O) groups excluding carboxylic acids is 2. The summed E-state index contributed by atoms with van der Waals surface area (Å²) >= 11 is 0. The zero-order valence-corrected chi connectivity index (χ0v) is 17.1. The van der Waals surface area contributed by atoms with Crippen LogP contribution in [-0.4, -0.2) is 51.5 Å². The molecule has 10 heteroatoms. The molecular weight excluding hydrogens is 398 g/mol. The van der Waals surface area contributed by atoms with Crippen LogP contribution in [-0.2, 0) is 29.1 Å². The smallest absolute Gasteiger partial charge is 0.350 e. The fourth-order valence-electron chi connectivity index (χ4n) is 2.89. The van der Waals surface area contributed by atoms with Crippen molar-refractivity contribution in [2.75, 3.05) is 32.1 Å². The van der Waals surface area contributed by atoms with Crippen molar-refractivity contribution >= 4 is 27.6 Å². The average molecular weight is 421 g/mol. The van der Waals surface area contributed by atoms with Gasteiger partial charge in [0.25, 0.3) is 0 Å². The number of carbonyl (C=O) groups is 2. The number of sulfonamides is 1. The summed E-state index contributed by atoms with van der Waals surface area (Å²) in [6.45, 7) is 2.21. The molecule has 0 amide bonds. The molecule has 1 N–H and O–H groups in total. The van der Waals surface area contributed by atoms with Crippen LogP contribution in [0.5, 0.6) is 0 Å². The highest BCUT2D eigenvalue weighted by Crippen LogP contribution is 2.25. The molecule has 0 spiro atoms. The maximum atomic E-state index is 12.9. The normalized spacial score (nSPS) is 17.8. The maximum Gasteiger partial charge on any atom is 0.350 e. The van der Waals surface area contributed by atoms with E-state index >= 15 is 0 Å². The number of ether oxygens (including phenoxy) is 2. The number of benzene rings is 1. The highest BCUT2D eigenvalue weighted by atomic mass is 32.2. The zero-order valence-electron chi connectivity index (χ0n) is 16.3. The summed E-state index contributed by atoms with van der Waals surface area (Å²) in [4.78, 5) is 23.4. The number of rotatable bonds is 7. The van der Waals surface area contributed by atoms with Gasteiger partial charge in [0.15, 0.2) is 5.57 Å². The van der Waals surface area contributed by atoms with E-state index in [0.29, 0.717) is 25.1 Å². The van der Waals surface area contributed by atoms with Gasteiger partial charge in [0, 0.05) is 25.0 Å². The first-order chi connectivity index (χ1) is 13.8. The molecule has 9 nitrogen and oxygen atoms in total. The van der Waals surface area contributed by atoms with Crippen LogP contribution in [0, 0.1) is 17.2 Å². The van der Waals surface area contributed by atoms with Gasteiger partial charge in [-0.2, -0.15) is 9.57 Å². The van der Waals surface area contributed by atoms with Crippen molar-refractivity contribution in [3.05, 3.63) is 36.0 Å². The highest BCUT2D eigenvalue weighted by Gasteiger charge is 2.33. The van der Waals surface area contributed by atoms with E-state index in [1.54, 1.807) is 13.0 Å². The molecule has 1 aliphatic heterocycles. The van der Waals surface area contributed by atoms with E-state index in [0.717, 1.165) is 0 Å². The Morgan fingerprint density at radius 2 is 2.03 bits per heavy atom. The minimum absolute atomic E-state index is 0.0861. The molecule has 0 unspecified atom stereocenters. The number of piperidine rings is 1. The lowest BCUT2D eigenvalue weighted by Gasteiger charge is -2.30. The lowest BCUT2D eigenvalue weighted by Crippen LogP contribution is -2.42. The number of nitrogens with zero attached hydrogens (tertiary/aromatic N) is 2. The summed E-state index contributed by atoms with van der Waals surface area (Å²) in [5.74, 6) is -1.63. The Hall–Kier alpha value is -2.90. The molecule has 1 fully saturated rings. The first-order valence-corrected chi connectivity index (χ1v) is 10.5. The second-order valence-corrected chi connectivity index (χ2v) is 8.22. The average Bonchev–Trinajstić information content (AvgIpc) is 2.74. The first-order valence-electron chi connectivity index (χ1n) is 9.05. The predicted octanol–water partition coefficient (Wildman–Crippen LogP) is 1.64. The second kappa shape index (κ2) is 10.0. The van der Waals surface area contributed by atoms with Crippen molar-refractivity contribution in [1.82, 2.24) is 4.31 Å². The van der Waals surface area contributed by atoms with E-state index in [2.05, 4.69) is 5.32 Å². The third kappa shape index (κ3) is 5.56. The van der Waals surface area contributed by atoms with Crippen LogP contribution in [0.1, 0.15) is 19.8 Å². The molecular formula is C19H23N3O6S. The highest BCUT2D eigenvalue weighted by molar-refractivity contribution is 7.89. The largest absolute Gasteiger partial charge is 0.469 e. The Morgan fingerprint density at radius 1 is 1.34 bits per heavy atom. The van der Waals surface area contributed by atoms with E-state index in [9.17, 15) is 18.0 Å². The minimum atomic E-state index is -3.75. The summed E-state index contributed by atoms with van der Waals surface area (Å²) in [5.41, 5.74) is 0.290. The molecule has 0 bridgehead atoms. The molecule has 0 radical (unpaired) electrons. The predicted molar refractivity (Wildman–Crippen MR) is 104 cm³/mol. The Bertz CT molecular complexity index is 918. The molecule has 0 saturated carbocycles. The molecule has 1 aromatic carbocycles. The van der Waals surface area contributed by atoms with Gasteiger partial charge >= 0.3 is 11.9 Å². The lowest BCUT2D eigenvalue weighted by molar-refractivity contribution is -0.146. The second-order valence-electron chi connectivity index (χ2n) is 6.28. The monoisotopic (exact) mass is 421 g/mol. The van der Waals surface area contributed by atoms with Gasteiger partial charge in [-0.1, -0.05) is 0 Å². The van der Waals surface area contributed by atoms with Crippen LogP contribution in [0.3, 0.4) is 0 Å². The first kappa shape index (κ1) is 22.4. The fourth-order valence-corrected chi connectivity index (χ4v) is 4.42. The quantitative estimate of drug-likeness (QED) is 0.400. The summed E-state index contributed by atoms with van der Waals surface area (Å²) in [7, 11) is -2.47. The van der Waals surface area contributed by atoms with Crippen molar-refractivity contribution in [3.8, 4) is 6.07 Å². The Labute approximate surface area is 169 Å². The van der Waals surface area contributed by atoms with Gasteiger partial charge in [-0.05, 0) is 44.0 Å². The van der Waals surface area contributed by atoms with Crippen molar-refractivity contribution in [3.63, 3.8) is 0 Å². The number of anilines is 1. The van der Waals surface area contributed by atoms with Gasteiger partial charge in [-0.25, -0.2) is 13.2 Å². The topological polar surface area (TPSA) is 126 Å². The van der Waals surface area contributed by atoms with Gasteiger partial charge in [-0.15, -0.1) is 0 Å². The molecule has 1 aliphatic rings. The summed E-state index contributed by atoms with van der Waals surface area (Å²) in [6, 6.07) is 7.62. The summed E-state index contributed by atoms with van der Waals surface area (Å²) in [5, 5.41) is 11.8. The SMILES string of the molecule is CCOC(=O)/C(C#N)=C/Nc1ccc(S(=O)(=O)N2CCC[C@H](C(=O)OC)C2)cc1. The third-order valence-corrected chi connectivity index (χ3v) is 6.29. The van der Waals surface area contributed by atoms with Gasteiger partial charge in [0.05, 0.1) is 24.5 Å². The van der Waals surface area contributed by atoms with Gasteiger partial charge in [0.1, 0.15) is 6.07 Å². The molecule has 0 aromatic heterocycles. The number of methoxy groups -OCH3 is 1. The molecule has 29 heavy (non-hydrogen) atoms. The molecule has 1 heterocycles. The van der Waals surface area contributed by atoms with Crippen molar-refractivity contribution in [2.24, 2.45) is 5.92 Å². The Morgan fingerprint density at radius 3 is 2.62 bits per heavy atom. The Kier molecular flexibility index (Phi) is 7.75. The standard InChI is InChI=1S/C19H23N3O6S/c1-3-28-19(24)15(11-20)12-21-16-6-8-17(9-7-16)29(25,26)22-10-4-5-14(13-22)18(23)27-2/h6-9,12,14,21H,3-5,10,13H2,1-2H3/b15-12+/t14-/m0/s1. The van der Waals surface area contributed by atoms with Crippen molar-refractivity contribution < 1.29 is 27.5 Å². The molecule has 1 saturated heterocycles. The fraction of sp³-hybridized carbons (Fsp3) is 0.421. The Balaban J connectivity index is 2.11. The van der Waals surface area contributed by atoms with Crippen LogP contribution in [0.25, 0.3) is 0 Å². The third-order valence-electron chi connectivity index (χ3n) is 4.41. The minimum Gasteiger partial charge on any atom is -0.469 e. The number of hydrogen-bond acceptors (Lipinski definition) is 8. The van der Waals surface area contributed by atoms with Crippen LogP contribution in [0.4, 0.5) is 5.69 Å². The van der Waals surface area contributed by atoms with E-state index in [4.69, 9.17) is 14.7 Å². The van der Waals surface area contributed by atoms with Crippen LogP contribution in [0.2, 0.25) is 0 Å². The molecule has 1 aromatic rings. The van der Waals surface area contributed by atoms with Crippen molar-refractivity contribution in [1.29, 1.82) is 5.26 Å². The van der Waals surface area contributed by atoms with Crippen molar-refractivity contribution in [2.45, 2.75) is 24.7 Å². The number of nitriles is 1. The molecule has 2 rings (SSSR count). The van der Waals surface area contributed by atoms with Crippen LogP contribution < -0.4 is 5.32 Å². The molecule has 156 valence electrons. The van der Waals surface area contributed by atoms with E-state index in [1.165, 1.54) is 41.9 Å². The number of nitrogens with one attached hydrogen (secondary N) is 1. The van der Waals surface area contributed by atoms with Gasteiger partial charge < -0.3 is 14.8 Å². The van der Waals surface area contributed by atoms with E-state index in [-0.39, 0.29) is 23.6 Å². The number of esters is 2. The van der Waals surface area contributed by atoms with Crippen LogP contribution in [0.15, 0.2) is 40.9 Å². The maximum absolute atomic E-state index is 12.9. The number of hydrogen-bond donors (Lipinski definition) is 1. The van der Waals surface area contributed by atoms with Gasteiger partial charge in [0.2, 0.25) is 10.0 Å². The zero-order chi connectivity index (χ0) is 21.4. The van der Waals surface area contributed by atoms with Gasteiger partial charge in [-0.3, -0.25) is 4.79 Å². The lowest BCUT2D eigenvalue weighted by atomic mass is 10.0.